The maximum Gasteiger partial charge on any atom is 0.342 e. The summed E-state index contributed by atoms with van der Waals surface area (Å²) in [7, 11) is 0. The number of nitrogens with zero attached hydrogens (tertiary/aromatic N) is 3. The van der Waals surface area contributed by atoms with Crippen LogP contribution in [0.1, 0.15) is 16.7 Å². The highest BCUT2D eigenvalue weighted by molar-refractivity contribution is 7.99. The molecule has 0 atom stereocenters. The molecule has 4 rings (SSSR count). The van der Waals surface area contributed by atoms with E-state index in [1.807, 2.05) is 78.2 Å². The molecule has 4 aromatic rings. The molecule has 0 fully saturated rings. The van der Waals surface area contributed by atoms with Crippen LogP contribution in [0, 0.1) is 6.92 Å². The van der Waals surface area contributed by atoms with Crippen molar-refractivity contribution in [3.8, 4) is 22.8 Å². The molecule has 0 radical (unpaired) electrons. The molecule has 3 N–H and O–H groups in total. The van der Waals surface area contributed by atoms with Gasteiger partial charge in [-0.1, -0.05) is 54.1 Å². The number of hydrogen-bond donors (Lipinski definition) is 3. The van der Waals surface area contributed by atoms with E-state index in [9.17, 15) is 9.90 Å². The summed E-state index contributed by atoms with van der Waals surface area (Å²) in [6, 6.07) is 23.4. The van der Waals surface area contributed by atoms with Crippen LogP contribution in [0.4, 0.5) is 0 Å². The lowest BCUT2D eigenvalue weighted by Gasteiger charge is -2.05. The number of carbonyl (C=O) groups excluding carboxylic acids is 1. The van der Waals surface area contributed by atoms with E-state index in [1.54, 1.807) is 12.1 Å². The van der Waals surface area contributed by atoms with Gasteiger partial charge in [0.1, 0.15) is 11.4 Å². The first-order valence-electron chi connectivity index (χ1n) is 11.1. The monoisotopic (exact) mass is 484 g/mol. The maximum atomic E-state index is 12.5. The van der Waals surface area contributed by atoms with Gasteiger partial charge >= 0.3 is 5.16 Å². The number of aryl methyl sites for hydroxylation is 1. The maximum absolute atomic E-state index is 12.5. The molecule has 1 heterocycles. The summed E-state index contributed by atoms with van der Waals surface area (Å²) in [5.41, 5.74) is 6.88. The summed E-state index contributed by atoms with van der Waals surface area (Å²) in [6.45, 7) is 5.73. The summed E-state index contributed by atoms with van der Waals surface area (Å²) in [5, 5.41) is 22.6. The number of rotatable bonds is 9. The largest absolute Gasteiger partial charge is 0.507 e. The van der Waals surface area contributed by atoms with Crippen LogP contribution in [0.15, 0.2) is 95.7 Å². The third kappa shape index (κ3) is 5.85. The molecule has 7 nitrogen and oxygen atoms in total. The summed E-state index contributed by atoms with van der Waals surface area (Å²) in [6.07, 6.45) is 3.70. The minimum absolute atomic E-state index is 0.116. The van der Waals surface area contributed by atoms with E-state index in [0.29, 0.717) is 17.1 Å². The molecule has 0 saturated carbocycles. The molecule has 0 aliphatic heterocycles. The van der Waals surface area contributed by atoms with E-state index in [2.05, 4.69) is 27.3 Å². The van der Waals surface area contributed by atoms with Crippen LogP contribution >= 0.6 is 11.8 Å². The van der Waals surface area contributed by atoms with Crippen molar-refractivity contribution in [2.75, 3.05) is 5.75 Å². The number of phenols is 1. The molecule has 0 aliphatic rings. The Bertz CT molecular complexity index is 1350. The molecule has 35 heavy (non-hydrogen) atoms. The normalized spacial score (nSPS) is 11.0. The van der Waals surface area contributed by atoms with Crippen LogP contribution in [0.2, 0.25) is 0 Å². The van der Waals surface area contributed by atoms with Gasteiger partial charge in [-0.15, -0.1) is 11.7 Å². The van der Waals surface area contributed by atoms with Crippen molar-refractivity contribution < 1.29 is 14.5 Å². The lowest BCUT2D eigenvalue weighted by molar-refractivity contribution is -0.625. The number of thioether (sulfide) groups is 1. The van der Waals surface area contributed by atoms with E-state index in [1.165, 1.54) is 18.0 Å². The van der Waals surface area contributed by atoms with E-state index in [0.717, 1.165) is 28.2 Å². The first-order valence-corrected chi connectivity index (χ1v) is 12.0. The number of allylic oxidation sites excluding steroid dienone is 1. The molecular formula is C27H26N5O2S+. The molecule has 0 saturated heterocycles. The van der Waals surface area contributed by atoms with Crippen molar-refractivity contribution in [1.82, 2.24) is 15.6 Å². The van der Waals surface area contributed by atoms with Crippen molar-refractivity contribution in [3.05, 3.63) is 102 Å². The minimum Gasteiger partial charge on any atom is -0.507 e. The van der Waals surface area contributed by atoms with Crippen LogP contribution in [-0.4, -0.2) is 33.2 Å². The lowest BCUT2D eigenvalue weighted by Crippen LogP contribution is -2.34. The van der Waals surface area contributed by atoms with E-state index < -0.39 is 0 Å². The first kappa shape index (κ1) is 24.0. The standard InChI is InChI=1S/C27H25N5O2S/c1-3-8-20-11-7-12-22(25(20)34)17-28-29-24(33)18-35-27-31-30-26(21-9-5-4-6-10-21)32(27)23-15-13-19(2)14-16-23/h3-7,9-17H,1,8,18H2,2H3,(H2,28,29,33,34)/p+1. The zero-order valence-corrected chi connectivity index (χ0v) is 20.1. The summed E-state index contributed by atoms with van der Waals surface area (Å²) in [5.74, 6) is 0.784. The Hall–Kier alpha value is -4.17. The Morgan fingerprint density at radius 2 is 1.91 bits per heavy atom. The number of carbonyl (C=O) groups is 1. The molecule has 0 unspecified atom stereocenters. The summed E-state index contributed by atoms with van der Waals surface area (Å²) >= 11 is 1.30. The number of aromatic hydroxyl groups is 1. The third-order valence-corrected chi connectivity index (χ3v) is 6.19. The Labute approximate surface area is 208 Å². The van der Waals surface area contributed by atoms with E-state index in [-0.39, 0.29) is 17.4 Å². The Balaban J connectivity index is 1.48. The number of nitrogens with one attached hydrogen (secondary N) is 2. The predicted molar refractivity (Wildman–Crippen MR) is 139 cm³/mol. The highest BCUT2D eigenvalue weighted by atomic mass is 32.2. The predicted octanol–water partition coefficient (Wildman–Crippen LogP) is 4.34. The van der Waals surface area contributed by atoms with Crippen molar-refractivity contribution in [1.29, 1.82) is 0 Å². The average molecular weight is 485 g/mol. The molecule has 3 aromatic carbocycles. The molecule has 8 heteroatoms. The van der Waals surface area contributed by atoms with Crippen LogP contribution in [0.5, 0.6) is 5.75 Å². The number of hydrogen-bond acceptors (Lipinski definition) is 5. The van der Waals surface area contributed by atoms with Gasteiger partial charge < -0.3 is 5.11 Å². The van der Waals surface area contributed by atoms with Gasteiger partial charge in [0.2, 0.25) is 0 Å². The Kier molecular flexibility index (Phi) is 7.74. The molecule has 1 aromatic heterocycles. The van der Waals surface area contributed by atoms with Crippen LogP contribution in [-0.2, 0) is 11.2 Å². The van der Waals surface area contributed by atoms with Gasteiger partial charge in [0.05, 0.1) is 22.6 Å². The Morgan fingerprint density at radius 3 is 2.66 bits per heavy atom. The molecule has 0 aliphatic carbocycles. The van der Waals surface area contributed by atoms with Gasteiger partial charge in [0.15, 0.2) is 0 Å². The summed E-state index contributed by atoms with van der Waals surface area (Å²) in [4.78, 5) is 12.5. The second-order valence-corrected chi connectivity index (χ2v) is 8.76. The zero-order chi connectivity index (χ0) is 24.6. The van der Waals surface area contributed by atoms with Crippen molar-refractivity contribution in [2.45, 2.75) is 18.5 Å². The number of aromatic nitrogens is 3. The van der Waals surface area contributed by atoms with Crippen LogP contribution in [0.25, 0.3) is 17.1 Å². The van der Waals surface area contributed by atoms with Crippen LogP contribution < -0.4 is 9.99 Å². The number of aromatic amines is 1. The number of para-hydroxylation sites is 1. The third-order valence-electron chi connectivity index (χ3n) is 5.25. The lowest BCUT2D eigenvalue weighted by atomic mass is 10.1. The van der Waals surface area contributed by atoms with Gasteiger partial charge in [0.25, 0.3) is 11.7 Å². The quantitative estimate of drug-likeness (QED) is 0.108. The van der Waals surface area contributed by atoms with Gasteiger partial charge in [-0.05, 0) is 61.0 Å². The van der Waals surface area contributed by atoms with E-state index in [4.69, 9.17) is 0 Å². The number of hydrazone groups is 1. The number of benzene rings is 3. The van der Waals surface area contributed by atoms with Gasteiger partial charge in [-0.25, -0.2) is 5.43 Å². The molecular weight excluding hydrogens is 458 g/mol. The fourth-order valence-electron chi connectivity index (χ4n) is 3.49. The van der Waals surface area contributed by atoms with Gasteiger partial charge in [0, 0.05) is 5.56 Å². The highest BCUT2D eigenvalue weighted by Crippen LogP contribution is 2.22. The molecule has 0 spiro atoms. The number of H-pyrrole nitrogens is 1. The van der Waals surface area contributed by atoms with Crippen molar-refractivity contribution in [2.24, 2.45) is 5.10 Å². The fourth-order valence-corrected chi connectivity index (χ4v) is 4.25. The minimum atomic E-state index is -0.285. The zero-order valence-electron chi connectivity index (χ0n) is 19.3. The molecule has 176 valence electrons. The topological polar surface area (TPSA) is 94.2 Å². The SMILES string of the molecule is C=CCc1cccc(/C=N/NC(=O)CSc2n[nH]c(-c3ccccc3)[n+]2-c2ccc(C)cc2)c1O. The average Bonchev–Trinajstić information content (AvgIpc) is 3.30. The number of amides is 1. The van der Waals surface area contributed by atoms with Crippen molar-refractivity contribution in [3.63, 3.8) is 0 Å². The fraction of sp³-hybridized carbons (Fsp3) is 0.111. The van der Waals surface area contributed by atoms with Gasteiger partial charge in [-0.3, -0.25) is 4.79 Å². The van der Waals surface area contributed by atoms with Gasteiger partial charge in [-0.2, -0.15) is 9.67 Å². The smallest absolute Gasteiger partial charge is 0.342 e. The Morgan fingerprint density at radius 1 is 1.14 bits per heavy atom. The first-order chi connectivity index (χ1) is 17.1. The van der Waals surface area contributed by atoms with Crippen LogP contribution in [0.3, 0.4) is 0 Å². The molecule has 0 bridgehead atoms. The second-order valence-electron chi connectivity index (χ2n) is 7.82. The van der Waals surface area contributed by atoms with Crippen molar-refractivity contribution >= 4 is 23.9 Å². The van der Waals surface area contributed by atoms with E-state index >= 15 is 0 Å². The highest BCUT2D eigenvalue weighted by Gasteiger charge is 2.24. The molecule has 1 amide bonds. The summed E-state index contributed by atoms with van der Waals surface area (Å²) < 4.78 is 2.00. The number of phenolic OH excluding ortho intramolecular Hbond substituents is 1. The second kappa shape index (κ2) is 11.3.